The molecule has 8 heteroatoms. The Hall–Kier alpha value is -2.95. The molecule has 0 aliphatic rings. The molecule has 0 bridgehead atoms. The number of nitrogens with one attached hydrogen (secondary N) is 2. The number of hydrogen-bond acceptors (Lipinski definition) is 6. The summed E-state index contributed by atoms with van der Waals surface area (Å²) >= 11 is 0. The van der Waals surface area contributed by atoms with E-state index in [0.29, 0.717) is 18.0 Å². The number of aromatic amines is 1. The number of ether oxygens (including phenoxy) is 1. The fourth-order valence-corrected chi connectivity index (χ4v) is 1.47. The normalized spacial score (nSPS) is 10.9. The predicted molar refractivity (Wildman–Crippen MR) is 69.0 cm³/mol. The number of benzene rings is 1. The van der Waals surface area contributed by atoms with Crippen molar-refractivity contribution >= 4 is 11.3 Å². The number of nitriles is 1. The molecule has 2 N–H and O–H groups in total. The molecule has 0 atom stereocenters. The van der Waals surface area contributed by atoms with Crippen LogP contribution in [0, 0.1) is 17.1 Å². The Balaban J connectivity index is 2.25. The van der Waals surface area contributed by atoms with Gasteiger partial charge in [0.1, 0.15) is 23.2 Å². The summed E-state index contributed by atoms with van der Waals surface area (Å²) in [4.78, 5) is 0. The van der Waals surface area contributed by atoms with E-state index in [1.807, 2.05) is 13.0 Å². The number of aromatic nitrogens is 4. The number of hydrogen-bond donors (Lipinski definition) is 2. The smallest absolute Gasteiger partial charge is 0.216 e. The van der Waals surface area contributed by atoms with Crippen molar-refractivity contribution in [3.8, 4) is 11.8 Å². The maximum absolute atomic E-state index is 13.2. The summed E-state index contributed by atoms with van der Waals surface area (Å²) in [6.07, 6.45) is 1.36. The quantitative estimate of drug-likeness (QED) is 0.805. The van der Waals surface area contributed by atoms with Crippen molar-refractivity contribution in [2.24, 2.45) is 0 Å². The molecule has 20 heavy (non-hydrogen) atoms. The van der Waals surface area contributed by atoms with E-state index >= 15 is 0 Å². The van der Waals surface area contributed by atoms with Gasteiger partial charge in [0.2, 0.25) is 5.82 Å². The lowest BCUT2D eigenvalue weighted by atomic mass is 10.2. The maximum Gasteiger partial charge on any atom is 0.216 e. The lowest BCUT2D eigenvalue weighted by Crippen LogP contribution is -1.99. The Bertz CT molecular complexity index is 646. The second-order valence-corrected chi connectivity index (χ2v) is 3.62. The van der Waals surface area contributed by atoms with Gasteiger partial charge in [-0.05, 0) is 24.3 Å². The molecule has 0 saturated carbocycles. The van der Waals surface area contributed by atoms with Gasteiger partial charge in [0.05, 0.1) is 12.3 Å². The minimum atomic E-state index is -0.414. The summed E-state index contributed by atoms with van der Waals surface area (Å²) in [6.45, 7) is 2.27. The second kappa shape index (κ2) is 6.29. The van der Waals surface area contributed by atoms with E-state index in [9.17, 15) is 4.39 Å². The summed E-state index contributed by atoms with van der Waals surface area (Å²) in [5, 5.41) is 24.8. The molecule has 1 aromatic carbocycles. The summed E-state index contributed by atoms with van der Waals surface area (Å²) in [7, 11) is 0. The Morgan fingerprint density at radius 3 is 3.10 bits per heavy atom. The molecule has 0 aliphatic carbocycles. The summed E-state index contributed by atoms with van der Waals surface area (Å²) in [5.74, 6) is 0.215. The van der Waals surface area contributed by atoms with E-state index < -0.39 is 5.82 Å². The second-order valence-electron chi connectivity index (χ2n) is 3.62. The topological polar surface area (TPSA) is 99.5 Å². The first-order valence-electron chi connectivity index (χ1n) is 5.77. The van der Waals surface area contributed by atoms with Gasteiger partial charge in [-0.1, -0.05) is 0 Å². The van der Waals surface area contributed by atoms with Gasteiger partial charge in [0, 0.05) is 12.3 Å². The van der Waals surface area contributed by atoms with Gasteiger partial charge >= 0.3 is 0 Å². The zero-order valence-corrected chi connectivity index (χ0v) is 10.6. The van der Waals surface area contributed by atoms with Crippen LogP contribution in [0.15, 0.2) is 24.4 Å². The van der Waals surface area contributed by atoms with Gasteiger partial charge in [-0.15, -0.1) is 10.2 Å². The summed E-state index contributed by atoms with van der Waals surface area (Å²) in [6, 6.07) is 6.00. The third-order valence-corrected chi connectivity index (χ3v) is 2.32. The van der Waals surface area contributed by atoms with Gasteiger partial charge in [-0.25, -0.2) is 4.39 Å². The molecule has 7 nitrogen and oxygen atoms in total. The van der Waals surface area contributed by atoms with Crippen LogP contribution in [-0.4, -0.2) is 27.2 Å². The van der Waals surface area contributed by atoms with E-state index in [0.717, 1.165) is 0 Å². The van der Waals surface area contributed by atoms with Crippen LogP contribution >= 0.6 is 0 Å². The molecule has 0 unspecified atom stereocenters. The molecular weight excluding hydrogens is 263 g/mol. The molecule has 0 aliphatic heterocycles. The maximum atomic E-state index is 13.2. The molecule has 102 valence electrons. The molecule has 1 aromatic heterocycles. The average molecular weight is 274 g/mol. The van der Waals surface area contributed by atoms with Crippen molar-refractivity contribution < 1.29 is 9.13 Å². The first-order chi connectivity index (χ1) is 9.74. The number of tetrazole rings is 1. The molecule has 2 rings (SSSR count). The highest BCUT2D eigenvalue weighted by Gasteiger charge is 2.08. The van der Waals surface area contributed by atoms with Crippen molar-refractivity contribution in [3.05, 3.63) is 36.0 Å². The Labute approximate surface area is 114 Å². The molecule has 1 heterocycles. The molecule has 0 saturated heterocycles. The Morgan fingerprint density at radius 2 is 2.45 bits per heavy atom. The van der Waals surface area contributed by atoms with Crippen molar-refractivity contribution in [2.45, 2.75) is 6.92 Å². The molecule has 0 fully saturated rings. The van der Waals surface area contributed by atoms with Crippen molar-refractivity contribution in [1.82, 2.24) is 20.6 Å². The minimum absolute atomic E-state index is 0.148. The first kappa shape index (κ1) is 13.5. The monoisotopic (exact) mass is 274 g/mol. The SMILES string of the molecule is CCOc1ccc(F)cc1NC=C(C#N)c1nn[nH]n1. The zero-order valence-electron chi connectivity index (χ0n) is 10.6. The number of anilines is 1. The van der Waals surface area contributed by atoms with E-state index in [2.05, 4.69) is 25.9 Å². The molecule has 0 amide bonds. The van der Waals surface area contributed by atoms with Crippen LogP contribution in [0.4, 0.5) is 10.1 Å². The lowest BCUT2D eigenvalue weighted by Gasteiger charge is -2.09. The highest BCUT2D eigenvalue weighted by molar-refractivity contribution is 5.74. The fraction of sp³-hybridized carbons (Fsp3) is 0.167. The fourth-order valence-electron chi connectivity index (χ4n) is 1.47. The van der Waals surface area contributed by atoms with Crippen LogP contribution in [0.3, 0.4) is 0 Å². The third kappa shape index (κ3) is 3.08. The van der Waals surface area contributed by atoms with Crippen LogP contribution < -0.4 is 10.1 Å². The van der Waals surface area contributed by atoms with Crippen molar-refractivity contribution in [3.63, 3.8) is 0 Å². The predicted octanol–water partition coefficient (Wildman–Crippen LogP) is 1.71. The van der Waals surface area contributed by atoms with Crippen LogP contribution in [0.1, 0.15) is 12.7 Å². The molecule has 0 spiro atoms. The highest BCUT2D eigenvalue weighted by Crippen LogP contribution is 2.25. The van der Waals surface area contributed by atoms with Crippen LogP contribution in [0.5, 0.6) is 5.75 Å². The third-order valence-electron chi connectivity index (χ3n) is 2.32. The zero-order chi connectivity index (χ0) is 14.4. The van der Waals surface area contributed by atoms with E-state index in [-0.39, 0.29) is 11.4 Å². The standard InChI is InChI=1S/C12H11FN6O/c1-2-20-11-4-3-9(13)5-10(11)15-7-8(6-14)12-16-18-19-17-12/h3-5,7,15H,2H2,1H3,(H,16,17,18,19). The average Bonchev–Trinajstić information content (AvgIpc) is 2.96. The Morgan fingerprint density at radius 1 is 1.60 bits per heavy atom. The number of allylic oxidation sites excluding steroid dienone is 1. The van der Waals surface area contributed by atoms with E-state index in [1.165, 1.54) is 24.4 Å². The van der Waals surface area contributed by atoms with Crippen molar-refractivity contribution in [1.29, 1.82) is 5.26 Å². The van der Waals surface area contributed by atoms with Crippen LogP contribution in [0.25, 0.3) is 5.57 Å². The molecule has 0 radical (unpaired) electrons. The number of nitrogens with zero attached hydrogens (tertiary/aromatic N) is 4. The number of H-pyrrole nitrogens is 1. The Kier molecular flexibility index (Phi) is 4.24. The van der Waals surface area contributed by atoms with Crippen molar-refractivity contribution in [2.75, 3.05) is 11.9 Å². The van der Waals surface area contributed by atoms with Crippen LogP contribution in [0.2, 0.25) is 0 Å². The highest BCUT2D eigenvalue weighted by atomic mass is 19.1. The van der Waals surface area contributed by atoms with Gasteiger partial charge < -0.3 is 10.1 Å². The number of rotatable bonds is 5. The van der Waals surface area contributed by atoms with Gasteiger partial charge in [0.25, 0.3) is 0 Å². The lowest BCUT2D eigenvalue weighted by molar-refractivity contribution is 0.341. The summed E-state index contributed by atoms with van der Waals surface area (Å²) in [5.41, 5.74) is 0.563. The largest absolute Gasteiger partial charge is 0.492 e. The van der Waals surface area contributed by atoms with Gasteiger partial charge in [-0.2, -0.15) is 10.5 Å². The van der Waals surface area contributed by atoms with E-state index in [1.54, 1.807) is 0 Å². The first-order valence-corrected chi connectivity index (χ1v) is 5.77. The minimum Gasteiger partial charge on any atom is -0.492 e. The van der Waals surface area contributed by atoms with Gasteiger partial charge in [0.15, 0.2) is 0 Å². The molecule has 2 aromatic rings. The molecular formula is C12H11FN6O. The van der Waals surface area contributed by atoms with Gasteiger partial charge in [-0.3, -0.25) is 0 Å². The van der Waals surface area contributed by atoms with Crippen LogP contribution in [-0.2, 0) is 0 Å². The van der Waals surface area contributed by atoms with E-state index in [4.69, 9.17) is 10.00 Å². The summed E-state index contributed by atoms with van der Waals surface area (Å²) < 4.78 is 18.6. The number of halogens is 1.